The van der Waals surface area contributed by atoms with Gasteiger partial charge in [-0.25, -0.2) is 17.8 Å². The molecule has 0 N–H and O–H groups in total. The molecule has 3 aromatic rings. The highest BCUT2D eigenvalue weighted by molar-refractivity contribution is 7.92. The Morgan fingerprint density at radius 3 is 2.43 bits per heavy atom. The number of aryl methyl sites for hydroxylation is 1. The first-order chi connectivity index (χ1) is 26.2. The summed E-state index contributed by atoms with van der Waals surface area (Å²) in [5.41, 5.74) is 2.02. The van der Waals surface area contributed by atoms with Crippen molar-refractivity contribution in [1.29, 1.82) is 0 Å². The first-order valence-corrected chi connectivity index (χ1v) is 22.4. The Balaban J connectivity index is 1.04. The van der Waals surface area contributed by atoms with Gasteiger partial charge in [-0.1, -0.05) is 57.6 Å². The van der Waals surface area contributed by atoms with Crippen molar-refractivity contribution in [2.75, 3.05) is 44.7 Å². The largest absolute Gasteiger partial charge is 0.469 e. The Kier molecular flexibility index (Phi) is 12.5. The van der Waals surface area contributed by atoms with Crippen LogP contribution < -0.4 is 4.90 Å². The number of piperidine rings is 1. The van der Waals surface area contributed by atoms with E-state index >= 15 is 4.39 Å². The molecule has 4 fully saturated rings. The number of likely N-dealkylation sites (tertiary alicyclic amines) is 1. The maximum absolute atomic E-state index is 15.3. The van der Waals surface area contributed by atoms with Crippen LogP contribution in [-0.2, 0) is 37.7 Å². The first-order valence-electron chi connectivity index (χ1n) is 20.9. The first kappa shape index (κ1) is 39.0. The molecule has 2 saturated carbocycles. The number of carbonyl (C=O) groups is 1. The lowest BCUT2D eigenvalue weighted by Crippen LogP contribution is -2.55. The van der Waals surface area contributed by atoms with Gasteiger partial charge in [-0.05, 0) is 111 Å². The normalized spacial score (nSPS) is 23.1. The Morgan fingerprint density at radius 2 is 1.72 bits per heavy atom. The molecule has 3 atom stereocenters. The van der Waals surface area contributed by atoms with Gasteiger partial charge in [0.05, 0.1) is 17.3 Å². The SMILES string of the molecule is CCc1nccn1C[C@@](c1cccc(F)c1)(C1CCN(CC2CN(c3ccc(S(=O)(=O)C4CCCC4)cc3)C2)CC1)[C@H]1CCC[C@@H]1CCCCC(=O)OC. The van der Waals surface area contributed by atoms with Crippen molar-refractivity contribution in [3.63, 3.8) is 0 Å². The summed E-state index contributed by atoms with van der Waals surface area (Å²) in [7, 11) is -1.77. The number of rotatable bonds is 16. The fraction of sp³-hybridized carbons (Fsp3) is 0.636. The smallest absolute Gasteiger partial charge is 0.305 e. The summed E-state index contributed by atoms with van der Waals surface area (Å²) in [5, 5.41) is -0.219. The number of halogens is 1. The number of anilines is 1. The number of esters is 1. The number of unbranched alkanes of at least 4 members (excludes halogenated alkanes) is 1. The van der Waals surface area contributed by atoms with Crippen LogP contribution >= 0.6 is 0 Å². The van der Waals surface area contributed by atoms with Gasteiger partial charge in [0.1, 0.15) is 11.6 Å². The molecule has 0 amide bonds. The zero-order chi connectivity index (χ0) is 37.7. The molecule has 4 aliphatic rings. The van der Waals surface area contributed by atoms with Gasteiger partial charge in [-0.2, -0.15) is 0 Å². The summed E-state index contributed by atoms with van der Waals surface area (Å²) in [4.78, 5) is 22.1. The lowest BCUT2D eigenvalue weighted by molar-refractivity contribution is -0.140. The number of aromatic nitrogens is 2. The van der Waals surface area contributed by atoms with Crippen LogP contribution in [0.5, 0.6) is 0 Å². The van der Waals surface area contributed by atoms with Crippen LogP contribution in [0.2, 0.25) is 0 Å². The van der Waals surface area contributed by atoms with Crippen LogP contribution in [-0.4, -0.2) is 73.9 Å². The van der Waals surface area contributed by atoms with E-state index in [0.717, 1.165) is 127 Å². The van der Waals surface area contributed by atoms with Gasteiger partial charge in [0.2, 0.25) is 0 Å². The summed E-state index contributed by atoms with van der Waals surface area (Å²) in [5.74, 6) is 2.71. The number of sulfone groups is 1. The van der Waals surface area contributed by atoms with Gasteiger partial charge >= 0.3 is 5.97 Å². The topological polar surface area (TPSA) is 84.7 Å². The average molecular weight is 761 g/mol. The predicted molar refractivity (Wildman–Crippen MR) is 212 cm³/mol. The van der Waals surface area contributed by atoms with Crippen molar-refractivity contribution in [1.82, 2.24) is 14.5 Å². The van der Waals surface area contributed by atoms with Gasteiger partial charge < -0.3 is 19.1 Å². The summed E-state index contributed by atoms with van der Waals surface area (Å²) >= 11 is 0. The fourth-order valence-electron chi connectivity index (χ4n) is 10.9. The minimum atomic E-state index is -3.24. The zero-order valence-electron chi connectivity index (χ0n) is 32.5. The fourth-order valence-corrected chi connectivity index (χ4v) is 12.8. The number of methoxy groups -OCH3 is 1. The maximum atomic E-state index is 15.3. The lowest BCUT2D eigenvalue weighted by Gasteiger charge is -2.52. The molecule has 0 unspecified atom stereocenters. The van der Waals surface area contributed by atoms with Crippen LogP contribution in [0.15, 0.2) is 65.8 Å². The Hall–Kier alpha value is -3.24. The second kappa shape index (κ2) is 17.3. The van der Waals surface area contributed by atoms with Crippen molar-refractivity contribution in [3.8, 4) is 0 Å². The number of imidazole rings is 1. The standard InChI is InChI=1S/C44H61FN4O4S/c1-3-42-46-24-27-48(42)32-44(36-12-9-13-37(45)28-36,41-16-8-11-34(41)10-4-7-17-43(50)53-2)35-22-25-47(26-23-35)29-33-30-49(31-33)38-18-20-40(21-19-38)54(51,52)39-14-5-6-15-39/h9,12-13,18-21,24,27-28,33-35,39,41H,3-8,10-11,14-17,22-23,25-26,29-32H2,1-2H3/t34-,41-,44-/m0/s1. The Bertz CT molecular complexity index is 1790. The summed E-state index contributed by atoms with van der Waals surface area (Å²) in [6.07, 6.45) is 17.5. The van der Waals surface area contributed by atoms with Crippen LogP contribution in [0.1, 0.15) is 102 Å². The van der Waals surface area contributed by atoms with Crippen molar-refractivity contribution in [2.45, 2.75) is 119 Å². The molecule has 2 aliphatic heterocycles. The Labute approximate surface area is 322 Å². The van der Waals surface area contributed by atoms with Crippen LogP contribution in [0, 0.1) is 29.5 Å². The number of ether oxygens (including phenoxy) is 1. The van der Waals surface area contributed by atoms with E-state index in [2.05, 4.69) is 33.6 Å². The molecule has 54 heavy (non-hydrogen) atoms. The quantitative estimate of drug-likeness (QED) is 0.108. The van der Waals surface area contributed by atoms with Crippen molar-refractivity contribution in [3.05, 3.63) is 78.1 Å². The second-order valence-electron chi connectivity index (χ2n) is 16.8. The van der Waals surface area contributed by atoms with Gasteiger partial charge in [-0.15, -0.1) is 0 Å². The maximum Gasteiger partial charge on any atom is 0.305 e. The van der Waals surface area contributed by atoms with E-state index < -0.39 is 9.84 Å². The predicted octanol–water partition coefficient (Wildman–Crippen LogP) is 8.24. The van der Waals surface area contributed by atoms with E-state index in [1.54, 1.807) is 6.07 Å². The third-order valence-electron chi connectivity index (χ3n) is 13.7. The van der Waals surface area contributed by atoms with Gasteiger partial charge in [0.15, 0.2) is 9.84 Å². The molecule has 10 heteroatoms. The zero-order valence-corrected chi connectivity index (χ0v) is 33.3. The van der Waals surface area contributed by atoms with Crippen molar-refractivity contribution in [2.24, 2.45) is 23.7 Å². The minimum Gasteiger partial charge on any atom is -0.469 e. The summed E-state index contributed by atoms with van der Waals surface area (Å²) < 4.78 is 48.7. The lowest BCUT2D eigenvalue weighted by atomic mass is 9.56. The highest BCUT2D eigenvalue weighted by Crippen LogP contribution is 2.55. The molecule has 294 valence electrons. The van der Waals surface area contributed by atoms with E-state index in [9.17, 15) is 13.2 Å². The molecule has 0 radical (unpaired) electrons. The number of hydrogen-bond donors (Lipinski definition) is 0. The van der Waals surface area contributed by atoms with E-state index in [4.69, 9.17) is 9.72 Å². The van der Waals surface area contributed by atoms with Crippen LogP contribution in [0.25, 0.3) is 0 Å². The molecular formula is C44H61FN4O4S. The van der Waals surface area contributed by atoms with E-state index in [1.807, 2.05) is 42.6 Å². The summed E-state index contributed by atoms with van der Waals surface area (Å²) in [6.45, 7) is 8.09. The molecule has 2 aromatic carbocycles. The molecule has 2 saturated heterocycles. The number of nitrogens with zero attached hydrogens (tertiary/aromatic N) is 4. The van der Waals surface area contributed by atoms with Crippen molar-refractivity contribution < 1.29 is 22.3 Å². The highest BCUT2D eigenvalue weighted by Gasteiger charge is 2.52. The third kappa shape index (κ3) is 8.30. The minimum absolute atomic E-state index is 0.137. The molecule has 1 aromatic heterocycles. The monoisotopic (exact) mass is 760 g/mol. The third-order valence-corrected chi connectivity index (χ3v) is 16.0. The van der Waals surface area contributed by atoms with Crippen LogP contribution in [0.3, 0.4) is 0 Å². The molecule has 2 aliphatic carbocycles. The van der Waals surface area contributed by atoms with Gasteiger partial charge in [-0.3, -0.25) is 4.79 Å². The molecular weight excluding hydrogens is 700 g/mol. The molecule has 8 nitrogen and oxygen atoms in total. The number of carbonyl (C=O) groups excluding carboxylic acids is 1. The van der Waals surface area contributed by atoms with E-state index in [0.29, 0.717) is 35.0 Å². The molecule has 7 rings (SSSR count). The number of hydrogen-bond acceptors (Lipinski definition) is 7. The average Bonchev–Trinajstić information content (AvgIpc) is 3.97. The second-order valence-corrected chi connectivity index (χ2v) is 19.0. The molecule has 3 heterocycles. The van der Waals surface area contributed by atoms with E-state index in [1.165, 1.54) is 20.0 Å². The molecule has 0 bridgehead atoms. The van der Waals surface area contributed by atoms with E-state index in [-0.39, 0.29) is 22.5 Å². The highest BCUT2D eigenvalue weighted by atomic mass is 32.2. The Morgan fingerprint density at radius 1 is 0.963 bits per heavy atom. The van der Waals surface area contributed by atoms with Crippen LogP contribution in [0.4, 0.5) is 10.1 Å². The van der Waals surface area contributed by atoms with Gasteiger partial charge in [0, 0.05) is 68.4 Å². The van der Waals surface area contributed by atoms with Crippen molar-refractivity contribution >= 4 is 21.5 Å². The number of benzene rings is 2. The summed E-state index contributed by atoms with van der Waals surface area (Å²) in [6, 6.07) is 15.1. The van der Waals surface area contributed by atoms with Gasteiger partial charge in [0.25, 0.3) is 0 Å². The molecule has 0 spiro atoms.